The quantitative estimate of drug-likeness (QED) is 0.571. The number of Topliss-reactive ketones (excluding diaryl/α,β-unsaturated/α-hetero) is 1. The molecule has 6 heteroatoms. The number of fused-ring (bicyclic) bond motifs is 1. The second-order valence-electron chi connectivity index (χ2n) is 5.44. The number of ether oxygens (including phenoxy) is 3. The minimum Gasteiger partial charge on any atom is -0.479 e. The van der Waals surface area contributed by atoms with Crippen LogP contribution in [0.5, 0.6) is 11.5 Å². The second-order valence-corrected chi connectivity index (χ2v) is 6.35. The number of esters is 1. The first-order valence-electron chi connectivity index (χ1n) is 7.56. The SMILES string of the molecule is COC(=O)C(C)Oc1ccc2c(c1)OC(=Cc1cccc(Br)c1)C2=O. The molecule has 1 unspecified atom stereocenters. The van der Waals surface area contributed by atoms with Crippen molar-refractivity contribution in [2.75, 3.05) is 7.11 Å². The number of hydrogen-bond donors (Lipinski definition) is 0. The highest BCUT2D eigenvalue weighted by atomic mass is 79.9. The van der Waals surface area contributed by atoms with Crippen molar-refractivity contribution in [2.45, 2.75) is 13.0 Å². The molecule has 1 heterocycles. The van der Waals surface area contributed by atoms with Gasteiger partial charge < -0.3 is 14.2 Å². The second kappa shape index (κ2) is 7.11. The molecule has 0 fully saturated rings. The van der Waals surface area contributed by atoms with Crippen LogP contribution in [0.15, 0.2) is 52.7 Å². The lowest BCUT2D eigenvalue weighted by Gasteiger charge is -2.12. The molecule has 0 aromatic heterocycles. The molecule has 0 spiro atoms. The van der Waals surface area contributed by atoms with E-state index in [1.807, 2.05) is 24.3 Å². The van der Waals surface area contributed by atoms with E-state index in [0.717, 1.165) is 10.0 Å². The van der Waals surface area contributed by atoms with Gasteiger partial charge in [-0.25, -0.2) is 4.79 Å². The molecular formula is C19H15BrO5. The summed E-state index contributed by atoms with van der Waals surface area (Å²) in [5, 5.41) is 0. The predicted octanol–water partition coefficient (Wildman–Crippen LogP) is 4.01. The molecule has 1 aliphatic rings. The van der Waals surface area contributed by atoms with Gasteiger partial charge in [0.25, 0.3) is 0 Å². The fraction of sp³-hybridized carbons (Fsp3) is 0.158. The maximum Gasteiger partial charge on any atom is 0.346 e. The van der Waals surface area contributed by atoms with Crippen LogP contribution in [0.2, 0.25) is 0 Å². The van der Waals surface area contributed by atoms with Crippen molar-refractivity contribution in [2.24, 2.45) is 0 Å². The van der Waals surface area contributed by atoms with Gasteiger partial charge in [0.15, 0.2) is 11.9 Å². The van der Waals surface area contributed by atoms with E-state index < -0.39 is 12.1 Å². The number of ketones is 1. The maximum absolute atomic E-state index is 12.5. The van der Waals surface area contributed by atoms with Gasteiger partial charge in [0.1, 0.15) is 11.5 Å². The lowest BCUT2D eigenvalue weighted by Crippen LogP contribution is -2.24. The fourth-order valence-corrected chi connectivity index (χ4v) is 2.82. The van der Waals surface area contributed by atoms with E-state index >= 15 is 0 Å². The van der Waals surface area contributed by atoms with Crippen LogP contribution in [-0.4, -0.2) is 25.0 Å². The van der Waals surface area contributed by atoms with Crippen molar-refractivity contribution in [3.8, 4) is 11.5 Å². The van der Waals surface area contributed by atoms with Crippen LogP contribution in [0.4, 0.5) is 0 Å². The summed E-state index contributed by atoms with van der Waals surface area (Å²) < 4.78 is 16.7. The van der Waals surface area contributed by atoms with Gasteiger partial charge in [-0.2, -0.15) is 0 Å². The number of methoxy groups -OCH3 is 1. The molecule has 2 aromatic rings. The van der Waals surface area contributed by atoms with Gasteiger partial charge in [-0.1, -0.05) is 28.1 Å². The Morgan fingerprint density at radius 2 is 2.04 bits per heavy atom. The number of carbonyl (C=O) groups is 2. The summed E-state index contributed by atoms with van der Waals surface area (Å²) in [6.07, 6.45) is 0.932. The minimum absolute atomic E-state index is 0.192. The first-order chi connectivity index (χ1) is 12.0. The molecule has 0 N–H and O–H groups in total. The van der Waals surface area contributed by atoms with Gasteiger partial charge in [-0.15, -0.1) is 0 Å². The average Bonchev–Trinajstić information content (AvgIpc) is 2.89. The molecule has 2 aromatic carbocycles. The van der Waals surface area contributed by atoms with Crippen molar-refractivity contribution < 1.29 is 23.8 Å². The maximum atomic E-state index is 12.5. The molecule has 0 radical (unpaired) electrons. The van der Waals surface area contributed by atoms with Gasteiger partial charge in [-0.3, -0.25) is 4.79 Å². The molecule has 3 rings (SSSR count). The Morgan fingerprint density at radius 1 is 1.24 bits per heavy atom. The highest BCUT2D eigenvalue weighted by Gasteiger charge is 2.28. The van der Waals surface area contributed by atoms with E-state index in [2.05, 4.69) is 20.7 Å². The summed E-state index contributed by atoms with van der Waals surface area (Å²) in [4.78, 5) is 23.9. The number of allylic oxidation sites excluding steroid dienone is 1. The zero-order valence-corrected chi connectivity index (χ0v) is 15.2. The van der Waals surface area contributed by atoms with Crippen LogP contribution < -0.4 is 9.47 Å². The van der Waals surface area contributed by atoms with Crippen LogP contribution in [0.3, 0.4) is 0 Å². The van der Waals surface area contributed by atoms with E-state index in [-0.39, 0.29) is 11.5 Å². The highest BCUT2D eigenvalue weighted by molar-refractivity contribution is 9.10. The van der Waals surface area contributed by atoms with E-state index in [1.165, 1.54) is 7.11 Å². The van der Waals surface area contributed by atoms with Gasteiger partial charge >= 0.3 is 5.97 Å². The Labute approximate surface area is 153 Å². The number of carbonyl (C=O) groups excluding carboxylic acids is 2. The topological polar surface area (TPSA) is 61.8 Å². The number of hydrogen-bond acceptors (Lipinski definition) is 5. The Bertz CT molecular complexity index is 872. The van der Waals surface area contributed by atoms with Gasteiger partial charge in [0.05, 0.1) is 12.7 Å². The first-order valence-corrected chi connectivity index (χ1v) is 8.35. The number of halogens is 1. The molecule has 25 heavy (non-hydrogen) atoms. The zero-order valence-electron chi connectivity index (χ0n) is 13.6. The lowest BCUT2D eigenvalue weighted by atomic mass is 10.1. The van der Waals surface area contributed by atoms with Crippen LogP contribution >= 0.6 is 15.9 Å². The molecule has 5 nitrogen and oxygen atoms in total. The molecular weight excluding hydrogens is 388 g/mol. The fourth-order valence-electron chi connectivity index (χ4n) is 2.41. The summed E-state index contributed by atoms with van der Waals surface area (Å²) in [6.45, 7) is 1.59. The third-order valence-corrected chi connectivity index (χ3v) is 4.13. The Balaban J connectivity index is 1.83. The zero-order chi connectivity index (χ0) is 18.0. The Hall–Kier alpha value is -2.60. The van der Waals surface area contributed by atoms with Crippen LogP contribution in [-0.2, 0) is 9.53 Å². The highest BCUT2D eigenvalue weighted by Crippen LogP contribution is 2.35. The summed E-state index contributed by atoms with van der Waals surface area (Å²) in [7, 11) is 1.30. The smallest absolute Gasteiger partial charge is 0.346 e. The Morgan fingerprint density at radius 3 is 2.76 bits per heavy atom. The van der Waals surface area contributed by atoms with Gasteiger partial charge in [0, 0.05) is 10.5 Å². The molecule has 0 amide bonds. The summed E-state index contributed by atoms with van der Waals surface area (Å²) in [6, 6.07) is 12.4. The number of benzene rings is 2. The average molecular weight is 403 g/mol. The lowest BCUT2D eigenvalue weighted by molar-refractivity contribution is -0.147. The van der Waals surface area contributed by atoms with Crippen molar-refractivity contribution in [3.63, 3.8) is 0 Å². The number of rotatable bonds is 4. The normalized spacial score (nSPS) is 15.5. The first kappa shape index (κ1) is 17.2. The van der Waals surface area contributed by atoms with E-state index in [4.69, 9.17) is 9.47 Å². The van der Waals surface area contributed by atoms with E-state index in [0.29, 0.717) is 17.1 Å². The van der Waals surface area contributed by atoms with Gasteiger partial charge in [0.2, 0.25) is 5.78 Å². The van der Waals surface area contributed by atoms with Crippen LogP contribution in [0, 0.1) is 0 Å². The third-order valence-electron chi connectivity index (χ3n) is 3.63. The molecule has 1 aliphatic heterocycles. The minimum atomic E-state index is -0.753. The molecule has 0 saturated carbocycles. The summed E-state index contributed by atoms with van der Waals surface area (Å²) in [5.74, 6) is 0.399. The van der Waals surface area contributed by atoms with Crippen molar-refractivity contribution in [3.05, 3.63) is 63.8 Å². The van der Waals surface area contributed by atoms with Crippen molar-refractivity contribution in [1.29, 1.82) is 0 Å². The van der Waals surface area contributed by atoms with Crippen molar-refractivity contribution >= 4 is 33.8 Å². The van der Waals surface area contributed by atoms with Gasteiger partial charge in [-0.05, 0) is 42.8 Å². The monoisotopic (exact) mass is 402 g/mol. The van der Waals surface area contributed by atoms with Crippen LogP contribution in [0.25, 0.3) is 6.08 Å². The largest absolute Gasteiger partial charge is 0.479 e. The van der Waals surface area contributed by atoms with E-state index in [1.54, 1.807) is 31.2 Å². The molecule has 0 aliphatic carbocycles. The summed E-state index contributed by atoms with van der Waals surface area (Å²) in [5.41, 5.74) is 1.31. The predicted molar refractivity (Wildman–Crippen MR) is 95.6 cm³/mol. The molecule has 128 valence electrons. The molecule has 0 bridgehead atoms. The van der Waals surface area contributed by atoms with Crippen molar-refractivity contribution in [1.82, 2.24) is 0 Å². The molecule has 1 atom stereocenters. The molecule has 0 saturated heterocycles. The standard InChI is InChI=1S/C19H15BrO5/c1-11(19(22)23-2)24-14-6-7-15-16(10-14)25-17(18(15)21)9-12-4-3-5-13(20)8-12/h3-11H,1-2H3. The van der Waals surface area contributed by atoms with Crippen LogP contribution in [0.1, 0.15) is 22.8 Å². The van der Waals surface area contributed by atoms with E-state index in [9.17, 15) is 9.59 Å². The third kappa shape index (κ3) is 3.74. The Kier molecular flexibility index (Phi) is 4.90. The summed E-state index contributed by atoms with van der Waals surface area (Å²) >= 11 is 3.40.